The van der Waals surface area contributed by atoms with Gasteiger partial charge in [0.2, 0.25) is 0 Å². The zero-order valence-corrected chi connectivity index (χ0v) is 10.9. The van der Waals surface area contributed by atoms with Crippen molar-refractivity contribution in [3.8, 4) is 0 Å². The van der Waals surface area contributed by atoms with Crippen LogP contribution >= 0.6 is 0 Å². The van der Waals surface area contributed by atoms with E-state index in [1.54, 1.807) is 6.07 Å². The molecule has 1 nitrogen and oxygen atoms in total. The molecule has 0 radical (unpaired) electrons. The van der Waals surface area contributed by atoms with Gasteiger partial charge in [0.1, 0.15) is 11.6 Å². The van der Waals surface area contributed by atoms with Crippen molar-refractivity contribution in [3.05, 3.63) is 35.6 Å². The molecule has 5 heteroatoms. The number of alkyl halides is 3. The molecule has 2 rings (SSSR count). The van der Waals surface area contributed by atoms with Crippen LogP contribution in [0.2, 0.25) is 0 Å². The number of ketones is 1. The summed E-state index contributed by atoms with van der Waals surface area (Å²) in [6, 6.07) is 5.88. The molecule has 2 unspecified atom stereocenters. The standard InChI is InChI=1S/C15H16F4O/c16-13-7-2-1-4-10(13)9-14(20)11-5-3-6-12(8-11)15(17,18)19/h1-2,4,7,11-12H,3,5-6,8-9H2. The molecule has 0 aliphatic heterocycles. The van der Waals surface area contributed by atoms with E-state index in [1.165, 1.54) is 18.2 Å². The van der Waals surface area contributed by atoms with Crippen molar-refractivity contribution in [1.29, 1.82) is 0 Å². The summed E-state index contributed by atoms with van der Waals surface area (Å²) in [5.74, 6) is -2.77. The quantitative estimate of drug-likeness (QED) is 0.758. The van der Waals surface area contributed by atoms with Gasteiger partial charge in [-0.25, -0.2) is 4.39 Å². The molecule has 2 atom stereocenters. The first-order valence-corrected chi connectivity index (χ1v) is 6.70. The number of rotatable bonds is 3. The Morgan fingerprint density at radius 1 is 1.20 bits per heavy atom. The highest BCUT2D eigenvalue weighted by atomic mass is 19.4. The molecular weight excluding hydrogens is 272 g/mol. The van der Waals surface area contributed by atoms with Gasteiger partial charge in [-0.3, -0.25) is 4.79 Å². The lowest BCUT2D eigenvalue weighted by Gasteiger charge is -2.29. The Balaban J connectivity index is 2.01. The van der Waals surface area contributed by atoms with Crippen LogP contribution in [0.4, 0.5) is 17.6 Å². The molecule has 1 aromatic rings. The highest BCUT2D eigenvalue weighted by Crippen LogP contribution is 2.40. The predicted molar refractivity (Wildman–Crippen MR) is 66.6 cm³/mol. The maximum absolute atomic E-state index is 13.5. The summed E-state index contributed by atoms with van der Waals surface area (Å²) in [7, 11) is 0. The highest BCUT2D eigenvalue weighted by molar-refractivity contribution is 5.83. The molecule has 1 aliphatic rings. The van der Waals surface area contributed by atoms with Crippen LogP contribution in [-0.2, 0) is 11.2 Å². The van der Waals surface area contributed by atoms with Crippen LogP contribution in [-0.4, -0.2) is 12.0 Å². The van der Waals surface area contributed by atoms with Crippen LogP contribution in [0.3, 0.4) is 0 Å². The maximum Gasteiger partial charge on any atom is 0.391 e. The zero-order valence-electron chi connectivity index (χ0n) is 10.9. The average molecular weight is 288 g/mol. The van der Waals surface area contributed by atoms with Crippen LogP contribution in [0.5, 0.6) is 0 Å². The van der Waals surface area contributed by atoms with Crippen molar-refractivity contribution in [3.63, 3.8) is 0 Å². The summed E-state index contributed by atoms with van der Waals surface area (Å²) in [6.45, 7) is 0. The summed E-state index contributed by atoms with van der Waals surface area (Å²) in [6.07, 6.45) is -3.56. The van der Waals surface area contributed by atoms with E-state index in [9.17, 15) is 22.4 Å². The Labute approximate surface area is 115 Å². The summed E-state index contributed by atoms with van der Waals surface area (Å²) >= 11 is 0. The minimum atomic E-state index is -4.24. The van der Waals surface area contributed by atoms with Crippen molar-refractivity contribution < 1.29 is 22.4 Å². The van der Waals surface area contributed by atoms with Crippen LogP contribution in [0, 0.1) is 17.7 Å². The van der Waals surface area contributed by atoms with Crippen molar-refractivity contribution in [2.24, 2.45) is 11.8 Å². The highest BCUT2D eigenvalue weighted by Gasteiger charge is 2.43. The summed E-state index contributed by atoms with van der Waals surface area (Å²) in [4.78, 5) is 12.1. The lowest BCUT2D eigenvalue weighted by molar-refractivity contribution is -0.186. The Morgan fingerprint density at radius 2 is 1.90 bits per heavy atom. The van der Waals surface area contributed by atoms with E-state index < -0.39 is 23.8 Å². The van der Waals surface area contributed by atoms with Crippen molar-refractivity contribution >= 4 is 5.78 Å². The monoisotopic (exact) mass is 288 g/mol. The van der Waals surface area contributed by atoms with E-state index in [4.69, 9.17) is 0 Å². The molecule has 0 N–H and O–H groups in total. The molecule has 110 valence electrons. The van der Waals surface area contributed by atoms with Gasteiger partial charge in [0.25, 0.3) is 0 Å². The van der Waals surface area contributed by atoms with Gasteiger partial charge < -0.3 is 0 Å². The minimum absolute atomic E-state index is 0.0903. The number of carbonyl (C=O) groups excluding carboxylic acids is 1. The topological polar surface area (TPSA) is 17.1 Å². The molecule has 1 saturated carbocycles. The van der Waals surface area contributed by atoms with Gasteiger partial charge in [-0.15, -0.1) is 0 Å². The van der Waals surface area contributed by atoms with Gasteiger partial charge in [-0.05, 0) is 30.9 Å². The first-order chi connectivity index (χ1) is 9.38. The van der Waals surface area contributed by atoms with E-state index in [0.29, 0.717) is 12.8 Å². The molecule has 0 bridgehead atoms. The fraction of sp³-hybridized carbons (Fsp3) is 0.533. The average Bonchev–Trinajstić information content (AvgIpc) is 2.40. The van der Waals surface area contributed by atoms with Crippen LogP contribution < -0.4 is 0 Å². The maximum atomic E-state index is 13.5. The Morgan fingerprint density at radius 3 is 2.55 bits per heavy atom. The summed E-state index contributed by atoms with van der Waals surface area (Å²) < 4.78 is 51.5. The molecule has 1 aromatic carbocycles. The van der Waals surface area contributed by atoms with Gasteiger partial charge in [-0.2, -0.15) is 13.2 Å². The van der Waals surface area contributed by atoms with E-state index in [2.05, 4.69) is 0 Å². The second kappa shape index (κ2) is 5.94. The first kappa shape index (κ1) is 15.0. The molecule has 0 heterocycles. The number of benzene rings is 1. The Hall–Kier alpha value is -1.39. The van der Waals surface area contributed by atoms with Crippen LogP contribution in [0.1, 0.15) is 31.2 Å². The van der Waals surface area contributed by atoms with Gasteiger partial charge in [0.15, 0.2) is 0 Å². The van der Waals surface area contributed by atoms with E-state index >= 15 is 0 Å². The number of halogens is 4. The van der Waals surface area contributed by atoms with Crippen LogP contribution in [0.25, 0.3) is 0 Å². The second-order valence-corrected chi connectivity index (χ2v) is 5.34. The Kier molecular flexibility index (Phi) is 4.45. The van der Waals surface area contributed by atoms with Crippen molar-refractivity contribution in [2.45, 2.75) is 38.3 Å². The normalized spacial score (nSPS) is 23.6. The fourth-order valence-electron chi connectivity index (χ4n) is 2.75. The number of hydrogen-bond acceptors (Lipinski definition) is 1. The van der Waals surface area contributed by atoms with E-state index in [0.717, 1.165) is 0 Å². The predicted octanol–water partition coefficient (Wildman–Crippen LogP) is 4.31. The molecular formula is C15H16F4O. The third kappa shape index (κ3) is 3.58. The lowest BCUT2D eigenvalue weighted by Crippen LogP contribution is -2.32. The van der Waals surface area contributed by atoms with E-state index in [-0.39, 0.29) is 30.6 Å². The molecule has 1 aliphatic carbocycles. The smallest absolute Gasteiger partial charge is 0.299 e. The largest absolute Gasteiger partial charge is 0.391 e. The van der Waals surface area contributed by atoms with Gasteiger partial charge in [0.05, 0.1) is 5.92 Å². The lowest BCUT2D eigenvalue weighted by atomic mass is 9.78. The van der Waals surface area contributed by atoms with Crippen molar-refractivity contribution in [1.82, 2.24) is 0 Å². The molecule has 20 heavy (non-hydrogen) atoms. The number of carbonyl (C=O) groups is 1. The summed E-state index contributed by atoms with van der Waals surface area (Å²) in [5.41, 5.74) is 0.256. The fourth-order valence-corrected chi connectivity index (χ4v) is 2.75. The van der Waals surface area contributed by atoms with E-state index in [1.807, 2.05) is 0 Å². The molecule has 1 fully saturated rings. The number of Topliss-reactive ketones (excluding diaryl/α,β-unsaturated/α-hetero) is 1. The third-order valence-electron chi connectivity index (χ3n) is 3.91. The SMILES string of the molecule is O=C(Cc1ccccc1F)C1CCCC(C(F)(F)F)C1. The minimum Gasteiger partial charge on any atom is -0.299 e. The van der Waals surface area contributed by atoms with Gasteiger partial charge in [0, 0.05) is 12.3 Å². The molecule has 0 aromatic heterocycles. The van der Waals surface area contributed by atoms with Gasteiger partial charge >= 0.3 is 6.18 Å². The first-order valence-electron chi connectivity index (χ1n) is 6.70. The molecule has 0 saturated heterocycles. The third-order valence-corrected chi connectivity index (χ3v) is 3.91. The number of hydrogen-bond donors (Lipinski definition) is 0. The zero-order chi connectivity index (χ0) is 14.8. The molecule has 0 spiro atoms. The van der Waals surface area contributed by atoms with Crippen LogP contribution in [0.15, 0.2) is 24.3 Å². The molecule has 0 amide bonds. The second-order valence-electron chi connectivity index (χ2n) is 5.34. The Bertz CT molecular complexity index is 481. The van der Waals surface area contributed by atoms with Gasteiger partial charge in [-0.1, -0.05) is 24.6 Å². The summed E-state index contributed by atoms with van der Waals surface area (Å²) in [5, 5.41) is 0. The van der Waals surface area contributed by atoms with Crippen molar-refractivity contribution in [2.75, 3.05) is 0 Å².